The molecule has 2 aromatic carbocycles. The van der Waals surface area contributed by atoms with Crippen LogP contribution >= 0.6 is 24.0 Å². The summed E-state index contributed by atoms with van der Waals surface area (Å²) in [5.74, 6) is 1.25. The fraction of sp³-hybridized carbons (Fsp3) is 0.409. The molecule has 1 atom stereocenters. The van der Waals surface area contributed by atoms with Crippen molar-refractivity contribution in [2.75, 3.05) is 51.3 Å². The normalized spacial score (nSPS) is 15.6. The summed E-state index contributed by atoms with van der Waals surface area (Å²) in [5, 5.41) is 13.5. The molecule has 0 spiro atoms. The van der Waals surface area contributed by atoms with E-state index >= 15 is 0 Å². The zero-order chi connectivity index (χ0) is 19.8. The van der Waals surface area contributed by atoms with Gasteiger partial charge in [-0.15, -0.1) is 24.0 Å². The van der Waals surface area contributed by atoms with Crippen molar-refractivity contribution >= 4 is 35.6 Å². The van der Waals surface area contributed by atoms with Gasteiger partial charge in [0.25, 0.3) is 0 Å². The Bertz CT molecular complexity index is 764. The predicted octanol–water partition coefficient (Wildman–Crippen LogP) is 3.49. The van der Waals surface area contributed by atoms with Gasteiger partial charge in [0.1, 0.15) is 11.9 Å². The molecular formula is C22H31IN4O2. The third-order valence-corrected chi connectivity index (χ3v) is 5.00. The maximum Gasteiger partial charge on any atom is 0.194 e. The van der Waals surface area contributed by atoms with E-state index in [-0.39, 0.29) is 30.1 Å². The van der Waals surface area contributed by atoms with Crippen molar-refractivity contribution in [2.45, 2.75) is 13.0 Å². The summed E-state index contributed by atoms with van der Waals surface area (Å²) >= 11 is 0. The van der Waals surface area contributed by atoms with E-state index in [9.17, 15) is 5.11 Å². The summed E-state index contributed by atoms with van der Waals surface area (Å²) in [6.45, 7) is 6.86. The fourth-order valence-electron chi connectivity index (χ4n) is 3.47. The predicted molar refractivity (Wildman–Crippen MR) is 129 cm³/mol. The Hall–Kier alpha value is -2.00. The number of aromatic hydroxyl groups is 1. The number of nitrogens with zero attached hydrogens (tertiary/aromatic N) is 3. The second-order valence-corrected chi connectivity index (χ2v) is 6.79. The van der Waals surface area contributed by atoms with Crippen LogP contribution in [0.15, 0.2) is 59.6 Å². The van der Waals surface area contributed by atoms with Crippen LogP contribution in [-0.2, 0) is 4.74 Å². The first-order chi connectivity index (χ1) is 13.7. The zero-order valence-electron chi connectivity index (χ0n) is 17.1. The van der Waals surface area contributed by atoms with Gasteiger partial charge in [0, 0.05) is 39.8 Å². The van der Waals surface area contributed by atoms with E-state index in [1.165, 1.54) is 0 Å². The second-order valence-electron chi connectivity index (χ2n) is 6.79. The highest BCUT2D eigenvalue weighted by Gasteiger charge is 2.21. The van der Waals surface area contributed by atoms with Gasteiger partial charge in [0.2, 0.25) is 0 Å². The number of halogens is 1. The van der Waals surface area contributed by atoms with E-state index in [1.807, 2.05) is 36.4 Å². The molecule has 0 bridgehead atoms. The van der Waals surface area contributed by atoms with Crippen LogP contribution in [-0.4, -0.2) is 62.3 Å². The van der Waals surface area contributed by atoms with Gasteiger partial charge in [0.15, 0.2) is 5.96 Å². The number of hydrogen-bond acceptors (Lipinski definition) is 4. The molecular weight excluding hydrogens is 479 g/mol. The SMILES string of the molecule is CCNC(=NCC(OC)c1ccccc1)N1CCN(c2ccccc2O)CC1.I. The summed E-state index contributed by atoms with van der Waals surface area (Å²) in [7, 11) is 1.73. The third kappa shape index (κ3) is 6.24. The number of nitrogens with one attached hydrogen (secondary N) is 1. The molecule has 1 unspecified atom stereocenters. The van der Waals surface area contributed by atoms with Crippen molar-refractivity contribution in [1.29, 1.82) is 0 Å². The number of para-hydroxylation sites is 2. The molecule has 0 saturated carbocycles. The van der Waals surface area contributed by atoms with Crippen molar-refractivity contribution in [1.82, 2.24) is 10.2 Å². The van der Waals surface area contributed by atoms with Crippen LogP contribution in [0.3, 0.4) is 0 Å². The van der Waals surface area contributed by atoms with E-state index in [0.717, 1.165) is 49.9 Å². The first-order valence-corrected chi connectivity index (χ1v) is 9.87. The molecule has 6 nitrogen and oxygen atoms in total. The fourth-order valence-corrected chi connectivity index (χ4v) is 3.47. The Morgan fingerprint density at radius 3 is 2.34 bits per heavy atom. The highest BCUT2D eigenvalue weighted by molar-refractivity contribution is 14.0. The Balaban J connectivity index is 0.00000300. The molecule has 1 aliphatic rings. The van der Waals surface area contributed by atoms with Crippen LogP contribution in [0.4, 0.5) is 5.69 Å². The van der Waals surface area contributed by atoms with E-state index < -0.39 is 0 Å². The summed E-state index contributed by atoms with van der Waals surface area (Å²) < 4.78 is 5.65. The summed E-state index contributed by atoms with van der Waals surface area (Å²) in [5.41, 5.74) is 2.03. The average molecular weight is 510 g/mol. The third-order valence-electron chi connectivity index (χ3n) is 5.00. The maximum atomic E-state index is 10.1. The minimum absolute atomic E-state index is 0. The number of aliphatic imine (C=N–C) groups is 1. The van der Waals surface area contributed by atoms with Gasteiger partial charge in [0.05, 0.1) is 12.2 Å². The number of methoxy groups -OCH3 is 1. The molecule has 7 heteroatoms. The number of phenolic OH excluding ortho intramolecular Hbond substituents is 1. The summed E-state index contributed by atoms with van der Waals surface area (Å²) in [6.07, 6.45) is -0.0580. The Labute approximate surface area is 190 Å². The molecule has 2 N–H and O–H groups in total. The molecule has 0 radical (unpaired) electrons. The summed E-state index contributed by atoms with van der Waals surface area (Å²) in [4.78, 5) is 9.33. The van der Waals surface area contributed by atoms with Crippen LogP contribution < -0.4 is 10.2 Å². The van der Waals surface area contributed by atoms with Crippen molar-refractivity contribution in [3.63, 3.8) is 0 Å². The van der Waals surface area contributed by atoms with Crippen LogP contribution in [0, 0.1) is 0 Å². The highest BCUT2D eigenvalue weighted by Crippen LogP contribution is 2.27. The molecule has 2 aromatic rings. The Morgan fingerprint density at radius 1 is 1.07 bits per heavy atom. The summed E-state index contributed by atoms with van der Waals surface area (Å²) in [6, 6.07) is 17.7. The number of anilines is 1. The van der Waals surface area contributed by atoms with Crippen molar-refractivity contribution in [3.8, 4) is 5.75 Å². The molecule has 0 aliphatic carbocycles. The monoisotopic (exact) mass is 510 g/mol. The molecule has 1 fully saturated rings. The van der Waals surface area contributed by atoms with Crippen LogP contribution in [0.2, 0.25) is 0 Å². The highest BCUT2D eigenvalue weighted by atomic mass is 127. The van der Waals surface area contributed by atoms with Gasteiger partial charge in [-0.1, -0.05) is 42.5 Å². The standard InChI is InChI=1S/C22H30N4O2.HI/c1-3-23-22(24-17-21(28-2)18-9-5-4-6-10-18)26-15-13-25(14-16-26)19-11-7-8-12-20(19)27;/h4-12,21,27H,3,13-17H2,1-2H3,(H,23,24);1H. The molecule has 1 saturated heterocycles. The number of piperazine rings is 1. The number of benzene rings is 2. The second kappa shape index (κ2) is 11.9. The van der Waals surface area contributed by atoms with Gasteiger partial charge < -0.3 is 25.0 Å². The smallest absolute Gasteiger partial charge is 0.194 e. The molecule has 1 aliphatic heterocycles. The lowest BCUT2D eigenvalue weighted by Crippen LogP contribution is -2.52. The number of rotatable bonds is 6. The van der Waals surface area contributed by atoms with Crippen molar-refractivity contribution < 1.29 is 9.84 Å². The van der Waals surface area contributed by atoms with Gasteiger partial charge in [-0.05, 0) is 24.6 Å². The first kappa shape index (κ1) is 23.3. The average Bonchev–Trinajstić information content (AvgIpc) is 2.75. The van der Waals surface area contributed by atoms with E-state index in [0.29, 0.717) is 12.3 Å². The van der Waals surface area contributed by atoms with Gasteiger partial charge in [-0.2, -0.15) is 0 Å². The van der Waals surface area contributed by atoms with Gasteiger partial charge >= 0.3 is 0 Å². The number of guanidine groups is 1. The Morgan fingerprint density at radius 2 is 1.72 bits per heavy atom. The molecule has 0 aromatic heterocycles. The molecule has 1 heterocycles. The number of hydrogen-bond donors (Lipinski definition) is 2. The van der Waals surface area contributed by atoms with E-state index in [1.54, 1.807) is 13.2 Å². The van der Waals surface area contributed by atoms with Crippen LogP contribution in [0.1, 0.15) is 18.6 Å². The van der Waals surface area contributed by atoms with Crippen molar-refractivity contribution in [3.05, 3.63) is 60.2 Å². The molecule has 3 rings (SSSR count). The minimum atomic E-state index is -0.0580. The van der Waals surface area contributed by atoms with E-state index in [4.69, 9.17) is 9.73 Å². The molecule has 158 valence electrons. The maximum absolute atomic E-state index is 10.1. The topological polar surface area (TPSA) is 60.3 Å². The Kier molecular flexibility index (Phi) is 9.53. The van der Waals surface area contributed by atoms with Crippen LogP contribution in [0.5, 0.6) is 5.75 Å². The molecule has 0 amide bonds. The van der Waals surface area contributed by atoms with Gasteiger partial charge in [-0.3, -0.25) is 4.99 Å². The lowest BCUT2D eigenvalue weighted by atomic mass is 10.1. The number of phenols is 1. The van der Waals surface area contributed by atoms with E-state index in [2.05, 4.69) is 34.2 Å². The lowest BCUT2D eigenvalue weighted by molar-refractivity contribution is 0.110. The zero-order valence-corrected chi connectivity index (χ0v) is 19.5. The first-order valence-electron chi connectivity index (χ1n) is 9.87. The number of ether oxygens (including phenoxy) is 1. The minimum Gasteiger partial charge on any atom is -0.506 e. The van der Waals surface area contributed by atoms with Crippen molar-refractivity contribution in [2.24, 2.45) is 4.99 Å². The van der Waals surface area contributed by atoms with Gasteiger partial charge in [-0.25, -0.2) is 0 Å². The molecule has 29 heavy (non-hydrogen) atoms. The van der Waals surface area contributed by atoms with Crippen LogP contribution in [0.25, 0.3) is 0 Å². The lowest BCUT2D eigenvalue weighted by Gasteiger charge is -2.38. The quantitative estimate of drug-likeness (QED) is 0.354. The largest absolute Gasteiger partial charge is 0.506 e.